The minimum atomic E-state index is -0.0842. The number of urea groups is 1. The highest BCUT2D eigenvalue weighted by atomic mass is 16.5. The Bertz CT molecular complexity index is 685. The van der Waals surface area contributed by atoms with Gasteiger partial charge in [0, 0.05) is 24.7 Å². The number of nitrogens with one attached hydrogen (secondary N) is 1. The van der Waals surface area contributed by atoms with E-state index in [1.54, 1.807) is 7.11 Å². The molecular formula is C18H21N3O2. The van der Waals surface area contributed by atoms with E-state index in [0.29, 0.717) is 11.7 Å². The second-order valence-corrected chi connectivity index (χ2v) is 5.80. The fourth-order valence-electron chi connectivity index (χ4n) is 2.89. The van der Waals surface area contributed by atoms with Crippen molar-refractivity contribution in [3.63, 3.8) is 0 Å². The van der Waals surface area contributed by atoms with Gasteiger partial charge in [0.25, 0.3) is 0 Å². The molecule has 1 saturated heterocycles. The molecule has 2 aromatic rings. The number of benzene rings is 1. The van der Waals surface area contributed by atoms with E-state index >= 15 is 0 Å². The van der Waals surface area contributed by atoms with Crippen LogP contribution in [-0.4, -0.2) is 36.1 Å². The quantitative estimate of drug-likeness (QED) is 0.945. The van der Waals surface area contributed by atoms with Crippen LogP contribution in [0.4, 0.5) is 10.6 Å². The van der Waals surface area contributed by atoms with Crippen molar-refractivity contribution in [1.29, 1.82) is 0 Å². The van der Waals surface area contributed by atoms with Crippen LogP contribution in [0, 0.1) is 6.92 Å². The summed E-state index contributed by atoms with van der Waals surface area (Å²) in [6.45, 7) is 3.39. The number of carbonyl (C=O) groups excluding carboxylic acids is 1. The van der Waals surface area contributed by atoms with Gasteiger partial charge < -0.3 is 9.64 Å². The summed E-state index contributed by atoms with van der Waals surface area (Å²) in [5, 5.41) is 2.87. The second kappa shape index (κ2) is 6.69. The standard InChI is InChI=1S/C18H21N3O2/c1-13-4-3-5-17(19-13)20-18(22)21-11-10-15(12-21)14-6-8-16(23-2)9-7-14/h3-9,15H,10-12H2,1-2H3,(H,19,20,22). The molecule has 1 aliphatic rings. The first-order valence-corrected chi connectivity index (χ1v) is 7.79. The van der Waals surface area contributed by atoms with Crippen molar-refractivity contribution < 1.29 is 9.53 Å². The van der Waals surface area contributed by atoms with E-state index in [0.717, 1.165) is 31.0 Å². The lowest BCUT2D eigenvalue weighted by atomic mass is 9.98. The summed E-state index contributed by atoms with van der Waals surface area (Å²) in [4.78, 5) is 18.5. The van der Waals surface area contributed by atoms with E-state index in [4.69, 9.17) is 4.74 Å². The Morgan fingerprint density at radius 3 is 2.74 bits per heavy atom. The van der Waals surface area contributed by atoms with Crippen molar-refractivity contribution in [2.45, 2.75) is 19.3 Å². The van der Waals surface area contributed by atoms with Gasteiger partial charge in [0.05, 0.1) is 7.11 Å². The largest absolute Gasteiger partial charge is 0.497 e. The lowest BCUT2D eigenvalue weighted by molar-refractivity contribution is 0.222. The lowest BCUT2D eigenvalue weighted by Crippen LogP contribution is -2.33. The number of pyridine rings is 1. The molecule has 5 nitrogen and oxygen atoms in total. The molecule has 1 unspecified atom stereocenters. The van der Waals surface area contributed by atoms with Crippen molar-refractivity contribution in [2.24, 2.45) is 0 Å². The predicted molar refractivity (Wildman–Crippen MR) is 89.9 cm³/mol. The van der Waals surface area contributed by atoms with Crippen LogP contribution in [0.25, 0.3) is 0 Å². The zero-order chi connectivity index (χ0) is 16.2. The van der Waals surface area contributed by atoms with Gasteiger partial charge in [-0.3, -0.25) is 5.32 Å². The van der Waals surface area contributed by atoms with Crippen molar-refractivity contribution in [3.8, 4) is 5.75 Å². The highest BCUT2D eigenvalue weighted by Gasteiger charge is 2.27. The molecule has 3 rings (SSSR count). The number of aryl methyl sites for hydroxylation is 1. The maximum atomic E-state index is 12.4. The summed E-state index contributed by atoms with van der Waals surface area (Å²) < 4.78 is 5.19. The van der Waals surface area contributed by atoms with E-state index < -0.39 is 0 Å². The monoisotopic (exact) mass is 311 g/mol. The number of amides is 2. The van der Waals surface area contributed by atoms with Gasteiger partial charge in [0.2, 0.25) is 0 Å². The van der Waals surface area contributed by atoms with Gasteiger partial charge in [0.15, 0.2) is 0 Å². The van der Waals surface area contributed by atoms with E-state index in [1.807, 2.05) is 42.2 Å². The number of likely N-dealkylation sites (tertiary alicyclic amines) is 1. The summed E-state index contributed by atoms with van der Waals surface area (Å²) in [6, 6.07) is 13.6. The summed E-state index contributed by atoms with van der Waals surface area (Å²) in [5.74, 6) is 1.83. The number of aromatic nitrogens is 1. The fourth-order valence-corrected chi connectivity index (χ4v) is 2.89. The molecule has 0 saturated carbocycles. The molecule has 0 radical (unpaired) electrons. The number of anilines is 1. The molecule has 2 heterocycles. The van der Waals surface area contributed by atoms with Crippen LogP contribution in [0.1, 0.15) is 23.6 Å². The number of ether oxygens (including phenoxy) is 1. The molecule has 0 spiro atoms. The second-order valence-electron chi connectivity index (χ2n) is 5.80. The molecule has 1 aromatic heterocycles. The average Bonchev–Trinajstić information content (AvgIpc) is 3.05. The van der Waals surface area contributed by atoms with Crippen LogP contribution in [0.3, 0.4) is 0 Å². The van der Waals surface area contributed by atoms with Gasteiger partial charge in [-0.15, -0.1) is 0 Å². The smallest absolute Gasteiger partial charge is 0.323 e. The Balaban J connectivity index is 1.61. The van der Waals surface area contributed by atoms with Gasteiger partial charge in [-0.05, 0) is 43.2 Å². The van der Waals surface area contributed by atoms with E-state index in [-0.39, 0.29) is 6.03 Å². The highest BCUT2D eigenvalue weighted by Crippen LogP contribution is 2.28. The third kappa shape index (κ3) is 3.62. The molecule has 1 atom stereocenters. The van der Waals surface area contributed by atoms with Crippen LogP contribution in [0.15, 0.2) is 42.5 Å². The molecule has 2 amide bonds. The summed E-state index contributed by atoms with van der Waals surface area (Å²) in [6.07, 6.45) is 0.973. The summed E-state index contributed by atoms with van der Waals surface area (Å²) in [7, 11) is 1.66. The Morgan fingerprint density at radius 1 is 1.26 bits per heavy atom. The van der Waals surface area contributed by atoms with Crippen LogP contribution in [0.2, 0.25) is 0 Å². The highest BCUT2D eigenvalue weighted by molar-refractivity contribution is 5.88. The SMILES string of the molecule is COc1ccc(C2CCN(C(=O)Nc3cccc(C)n3)C2)cc1. The Labute approximate surface area is 136 Å². The van der Waals surface area contributed by atoms with E-state index in [2.05, 4.69) is 22.4 Å². The molecular weight excluding hydrogens is 290 g/mol. The van der Waals surface area contributed by atoms with Gasteiger partial charge in [-0.2, -0.15) is 0 Å². The maximum Gasteiger partial charge on any atom is 0.323 e. The minimum absolute atomic E-state index is 0.0842. The maximum absolute atomic E-state index is 12.4. The Kier molecular flexibility index (Phi) is 4.46. The third-order valence-electron chi connectivity index (χ3n) is 4.19. The molecule has 0 bridgehead atoms. The lowest BCUT2D eigenvalue weighted by Gasteiger charge is -2.17. The number of hydrogen-bond acceptors (Lipinski definition) is 3. The van der Waals surface area contributed by atoms with Crippen molar-refractivity contribution >= 4 is 11.8 Å². The number of rotatable bonds is 3. The molecule has 23 heavy (non-hydrogen) atoms. The number of carbonyl (C=O) groups is 1. The minimum Gasteiger partial charge on any atom is -0.497 e. The first kappa shape index (κ1) is 15.3. The number of methoxy groups -OCH3 is 1. The van der Waals surface area contributed by atoms with Gasteiger partial charge >= 0.3 is 6.03 Å². The van der Waals surface area contributed by atoms with E-state index in [9.17, 15) is 4.79 Å². The van der Waals surface area contributed by atoms with Crippen LogP contribution < -0.4 is 10.1 Å². The number of hydrogen-bond donors (Lipinski definition) is 1. The van der Waals surface area contributed by atoms with E-state index in [1.165, 1.54) is 5.56 Å². The predicted octanol–water partition coefficient (Wildman–Crippen LogP) is 3.42. The summed E-state index contributed by atoms with van der Waals surface area (Å²) >= 11 is 0. The van der Waals surface area contributed by atoms with Gasteiger partial charge in [0.1, 0.15) is 11.6 Å². The van der Waals surface area contributed by atoms with Gasteiger partial charge in [-0.25, -0.2) is 9.78 Å². The van der Waals surface area contributed by atoms with Crippen LogP contribution in [0.5, 0.6) is 5.75 Å². The first-order chi connectivity index (χ1) is 11.2. The zero-order valence-electron chi connectivity index (χ0n) is 13.5. The van der Waals surface area contributed by atoms with Crippen LogP contribution >= 0.6 is 0 Å². The first-order valence-electron chi connectivity index (χ1n) is 7.79. The van der Waals surface area contributed by atoms with Crippen molar-refractivity contribution in [1.82, 2.24) is 9.88 Å². The Hall–Kier alpha value is -2.56. The molecule has 1 N–H and O–H groups in total. The Morgan fingerprint density at radius 2 is 2.04 bits per heavy atom. The molecule has 120 valence electrons. The topological polar surface area (TPSA) is 54.5 Å². The normalized spacial score (nSPS) is 17.1. The molecule has 1 fully saturated rings. The van der Waals surface area contributed by atoms with Crippen molar-refractivity contribution in [2.75, 3.05) is 25.5 Å². The molecule has 1 aromatic carbocycles. The fraction of sp³-hybridized carbons (Fsp3) is 0.333. The van der Waals surface area contributed by atoms with Crippen molar-refractivity contribution in [3.05, 3.63) is 53.7 Å². The molecule has 5 heteroatoms. The summed E-state index contributed by atoms with van der Waals surface area (Å²) in [5.41, 5.74) is 2.13. The average molecular weight is 311 g/mol. The zero-order valence-corrected chi connectivity index (χ0v) is 13.5. The molecule has 1 aliphatic heterocycles. The molecule has 0 aliphatic carbocycles. The van der Waals surface area contributed by atoms with Gasteiger partial charge in [-0.1, -0.05) is 18.2 Å². The number of nitrogens with zero attached hydrogens (tertiary/aromatic N) is 2. The third-order valence-corrected chi connectivity index (χ3v) is 4.19. The van der Waals surface area contributed by atoms with Crippen LogP contribution in [-0.2, 0) is 0 Å².